The number of ether oxygens (including phenoxy) is 2. The lowest BCUT2D eigenvalue weighted by atomic mass is 9.86. The summed E-state index contributed by atoms with van der Waals surface area (Å²) in [6.07, 6.45) is 9.84. The molecule has 4 rings (SSSR count). The Hall–Kier alpha value is -1.85. The van der Waals surface area contributed by atoms with Crippen LogP contribution in [-0.4, -0.2) is 35.6 Å². The maximum absolute atomic E-state index is 6.15. The maximum Gasteiger partial charge on any atom is 0.119 e. The molecule has 0 bridgehead atoms. The fourth-order valence-corrected chi connectivity index (χ4v) is 4.29. The zero-order valence-corrected chi connectivity index (χ0v) is 15.8. The van der Waals surface area contributed by atoms with Crippen molar-refractivity contribution >= 4 is 0 Å². The molecule has 2 aromatic rings. The Labute approximate surface area is 155 Å². The van der Waals surface area contributed by atoms with E-state index in [1.807, 2.05) is 10.9 Å². The topological polar surface area (TPSA) is 48.3 Å². The first-order chi connectivity index (χ1) is 12.8. The summed E-state index contributed by atoms with van der Waals surface area (Å²) < 4.78 is 13.5. The van der Waals surface area contributed by atoms with Gasteiger partial charge in [-0.15, -0.1) is 0 Å². The van der Waals surface area contributed by atoms with E-state index in [0.717, 1.165) is 44.6 Å². The predicted octanol–water partition coefficient (Wildman–Crippen LogP) is 3.28. The summed E-state index contributed by atoms with van der Waals surface area (Å²) in [6, 6.07) is 7.34. The van der Waals surface area contributed by atoms with E-state index in [0.29, 0.717) is 12.1 Å². The number of hydrogen-bond donors (Lipinski definition) is 1. The molecule has 1 saturated heterocycles. The molecular weight excluding hydrogens is 326 g/mol. The highest BCUT2D eigenvalue weighted by atomic mass is 16.5. The molecule has 1 fully saturated rings. The monoisotopic (exact) mass is 355 g/mol. The molecule has 1 aliphatic carbocycles. The first-order valence-corrected chi connectivity index (χ1v) is 9.82. The second-order valence-electron chi connectivity index (χ2n) is 7.41. The van der Waals surface area contributed by atoms with Crippen molar-refractivity contribution in [3.8, 4) is 5.75 Å². The number of rotatable bonds is 5. The normalized spacial score (nSPS) is 25.7. The lowest BCUT2D eigenvalue weighted by molar-refractivity contribution is -0.0143. The summed E-state index contributed by atoms with van der Waals surface area (Å²) >= 11 is 0. The maximum atomic E-state index is 6.15. The Bertz CT molecular complexity index is 743. The highest BCUT2D eigenvalue weighted by Crippen LogP contribution is 2.31. The van der Waals surface area contributed by atoms with Crippen LogP contribution in [0, 0.1) is 0 Å². The van der Waals surface area contributed by atoms with Crippen LogP contribution in [0.5, 0.6) is 5.75 Å². The molecule has 1 aliphatic heterocycles. The van der Waals surface area contributed by atoms with Gasteiger partial charge in [0.2, 0.25) is 0 Å². The van der Waals surface area contributed by atoms with Crippen molar-refractivity contribution in [3.63, 3.8) is 0 Å². The van der Waals surface area contributed by atoms with Gasteiger partial charge in [-0.25, -0.2) is 0 Å². The van der Waals surface area contributed by atoms with Gasteiger partial charge in [0.1, 0.15) is 11.9 Å². The van der Waals surface area contributed by atoms with Crippen molar-refractivity contribution in [2.45, 2.75) is 63.8 Å². The Kier molecular flexibility index (Phi) is 5.27. The van der Waals surface area contributed by atoms with Crippen LogP contribution in [-0.2, 0) is 24.1 Å². The quantitative estimate of drug-likeness (QED) is 0.894. The van der Waals surface area contributed by atoms with E-state index in [4.69, 9.17) is 9.47 Å². The minimum absolute atomic E-state index is 0.107. The largest absolute Gasteiger partial charge is 0.497 e. The number of aryl methyl sites for hydroxylation is 2. The third-order valence-electron chi connectivity index (χ3n) is 5.72. The van der Waals surface area contributed by atoms with Gasteiger partial charge in [-0.1, -0.05) is 6.07 Å². The lowest BCUT2D eigenvalue weighted by Gasteiger charge is -2.36. The number of hydrogen-bond acceptors (Lipinski definition) is 4. The summed E-state index contributed by atoms with van der Waals surface area (Å²) in [6.45, 7) is 3.85. The van der Waals surface area contributed by atoms with Crippen molar-refractivity contribution in [3.05, 3.63) is 47.3 Å². The van der Waals surface area contributed by atoms with Crippen LogP contribution in [0.15, 0.2) is 30.6 Å². The van der Waals surface area contributed by atoms with Gasteiger partial charge in [0.25, 0.3) is 0 Å². The van der Waals surface area contributed by atoms with Gasteiger partial charge in [0.15, 0.2) is 0 Å². The average Bonchev–Trinajstić information content (AvgIpc) is 3.17. The van der Waals surface area contributed by atoms with E-state index in [-0.39, 0.29) is 6.10 Å². The number of methoxy groups -OCH3 is 1. The van der Waals surface area contributed by atoms with Gasteiger partial charge < -0.3 is 14.8 Å². The lowest BCUT2D eigenvalue weighted by Crippen LogP contribution is -2.46. The molecule has 3 atom stereocenters. The average molecular weight is 355 g/mol. The van der Waals surface area contributed by atoms with Crippen molar-refractivity contribution in [1.29, 1.82) is 0 Å². The SMILES string of the molecule is CCn1cc([C@H]2OCCC[C@@H]2NC2CCc3ccc(OC)cc3C2)cn1. The molecule has 0 radical (unpaired) electrons. The summed E-state index contributed by atoms with van der Waals surface area (Å²) in [5, 5.41) is 8.34. The van der Waals surface area contributed by atoms with E-state index >= 15 is 0 Å². The highest BCUT2D eigenvalue weighted by molar-refractivity contribution is 5.38. The van der Waals surface area contributed by atoms with E-state index in [1.165, 1.54) is 23.1 Å². The minimum atomic E-state index is 0.107. The molecule has 0 saturated carbocycles. The summed E-state index contributed by atoms with van der Waals surface area (Å²) in [4.78, 5) is 0. The Morgan fingerprint density at radius 2 is 2.23 bits per heavy atom. The van der Waals surface area contributed by atoms with Crippen LogP contribution in [0.3, 0.4) is 0 Å². The number of benzene rings is 1. The Morgan fingerprint density at radius 3 is 3.04 bits per heavy atom. The van der Waals surface area contributed by atoms with E-state index in [2.05, 4.69) is 41.7 Å². The van der Waals surface area contributed by atoms with Gasteiger partial charge in [-0.05, 0) is 62.3 Å². The minimum Gasteiger partial charge on any atom is -0.497 e. The van der Waals surface area contributed by atoms with Crippen LogP contribution in [0.25, 0.3) is 0 Å². The third-order valence-corrected chi connectivity index (χ3v) is 5.72. The van der Waals surface area contributed by atoms with Crippen molar-refractivity contribution in [1.82, 2.24) is 15.1 Å². The van der Waals surface area contributed by atoms with Crippen molar-refractivity contribution in [2.24, 2.45) is 0 Å². The predicted molar refractivity (Wildman–Crippen MR) is 102 cm³/mol. The fourth-order valence-electron chi connectivity index (χ4n) is 4.29. The molecule has 5 nitrogen and oxygen atoms in total. The molecule has 1 aromatic carbocycles. The van der Waals surface area contributed by atoms with Gasteiger partial charge >= 0.3 is 0 Å². The smallest absolute Gasteiger partial charge is 0.119 e. The molecule has 0 spiro atoms. The number of aromatic nitrogens is 2. The molecule has 5 heteroatoms. The zero-order chi connectivity index (χ0) is 17.9. The second kappa shape index (κ2) is 7.80. The number of nitrogens with one attached hydrogen (secondary N) is 1. The fraction of sp³-hybridized carbons (Fsp3) is 0.571. The van der Waals surface area contributed by atoms with Crippen molar-refractivity contribution < 1.29 is 9.47 Å². The Morgan fingerprint density at radius 1 is 1.31 bits per heavy atom. The summed E-state index contributed by atoms with van der Waals surface area (Å²) in [7, 11) is 1.74. The molecule has 1 N–H and O–H groups in total. The van der Waals surface area contributed by atoms with E-state index in [9.17, 15) is 0 Å². The van der Waals surface area contributed by atoms with Crippen LogP contribution in [0.2, 0.25) is 0 Å². The van der Waals surface area contributed by atoms with Gasteiger partial charge in [0, 0.05) is 37.0 Å². The molecule has 0 amide bonds. The van der Waals surface area contributed by atoms with Crippen molar-refractivity contribution in [2.75, 3.05) is 13.7 Å². The third kappa shape index (κ3) is 3.64. The second-order valence-corrected chi connectivity index (χ2v) is 7.41. The Balaban J connectivity index is 1.46. The first-order valence-electron chi connectivity index (χ1n) is 9.82. The molecule has 1 aromatic heterocycles. The first kappa shape index (κ1) is 17.6. The summed E-state index contributed by atoms with van der Waals surface area (Å²) in [5.74, 6) is 0.954. The summed E-state index contributed by atoms with van der Waals surface area (Å²) in [5.41, 5.74) is 4.08. The highest BCUT2D eigenvalue weighted by Gasteiger charge is 2.31. The molecule has 1 unspecified atom stereocenters. The standard InChI is InChI=1S/C21H29N3O2/c1-3-24-14-17(13-22-24)21-20(5-4-10-26-21)23-18-8-6-15-7-9-19(25-2)12-16(15)11-18/h7,9,12-14,18,20-21,23H,3-6,8,10-11H2,1-2H3/t18?,20-,21+/m0/s1. The van der Waals surface area contributed by atoms with Crippen LogP contribution in [0.1, 0.15) is 49.0 Å². The van der Waals surface area contributed by atoms with Gasteiger partial charge in [-0.2, -0.15) is 5.10 Å². The molecule has 26 heavy (non-hydrogen) atoms. The van der Waals surface area contributed by atoms with Crippen LogP contribution >= 0.6 is 0 Å². The molecule has 2 aliphatic rings. The molecule has 140 valence electrons. The molecular formula is C21H29N3O2. The number of nitrogens with zero attached hydrogens (tertiary/aromatic N) is 2. The molecule has 2 heterocycles. The van der Waals surface area contributed by atoms with Crippen LogP contribution in [0.4, 0.5) is 0 Å². The zero-order valence-electron chi connectivity index (χ0n) is 15.8. The van der Waals surface area contributed by atoms with E-state index in [1.54, 1.807) is 7.11 Å². The number of fused-ring (bicyclic) bond motifs is 1. The van der Waals surface area contributed by atoms with E-state index < -0.39 is 0 Å². The van der Waals surface area contributed by atoms with Gasteiger partial charge in [-0.3, -0.25) is 4.68 Å². The van der Waals surface area contributed by atoms with Gasteiger partial charge in [0.05, 0.1) is 13.3 Å². The van der Waals surface area contributed by atoms with Crippen LogP contribution < -0.4 is 10.1 Å².